The molecular weight excluding hydrogens is 194 g/mol. The second-order valence-electron chi connectivity index (χ2n) is 4.41. The van der Waals surface area contributed by atoms with E-state index in [-0.39, 0.29) is 6.04 Å². The number of hydrogen-bond donors (Lipinski definition) is 1. The van der Waals surface area contributed by atoms with Crippen LogP contribution in [0, 0.1) is 11.8 Å². The maximum Gasteiger partial charge on any atom is 0.320 e. The molecule has 3 atom stereocenters. The van der Waals surface area contributed by atoms with Gasteiger partial charge in [-0.3, -0.25) is 9.69 Å². The highest BCUT2D eigenvalue weighted by atomic mass is 16.5. The average Bonchev–Trinajstić information content (AvgIpc) is 2.49. The van der Waals surface area contributed by atoms with E-state index < -0.39 is 5.97 Å². The van der Waals surface area contributed by atoms with Crippen molar-refractivity contribution in [1.82, 2.24) is 4.90 Å². The molecule has 1 heterocycles. The minimum atomic E-state index is -0.706. The molecule has 0 unspecified atom stereocenters. The summed E-state index contributed by atoms with van der Waals surface area (Å²) in [5.74, 6) is 0.296. The summed E-state index contributed by atoms with van der Waals surface area (Å²) in [5, 5.41) is 9.06. The molecular formula is C11H21NO3. The molecule has 0 radical (unpaired) electrons. The van der Waals surface area contributed by atoms with Gasteiger partial charge in [-0.1, -0.05) is 13.8 Å². The van der Waals surface area contributed by atoms with Crippen molar-refractivity contribution >= 4 is 5.97 Å². The summed E-state index contributed by atoms with van der Waals surface area (Å²) in [7, 11) is 1.70. The molecule has 0 aromatic heterocycles. The zero-order valence-electron chi connectivity index (χ0n) is 9.77. The van der Waals surface area contributed by atoms with E-state index in [1.807, 2.05) is 6.92 Å². The maximum absolute atomic E-state index is 11.0. The summed E-state index contributed by atoms with van der Waals surface area (Å²) in [4.78, 5) is 13.1. The van der Waals surface area contributed by atoms with Crippen molar-refractivity contribution in [3.8, 4) is 0 Å². The fourth-order valence-corrected chi connectivity index (χ4v) is 2.35. The summed E-state index contributed by atoms with van der Waals surface area (Å²) < 4.78 is 5.14. The number of carbonyl (C=O) groups is 1. The topological polar surface area (TPSA) is 49.8 Å². The summed E-state index contributed by atoms with van der Waals surface area (Å²) in [5.41, 5.74) is 0. The van der Waals surface area contributed by atoms with E-state index in [4.69, 9.17) is 9.84 Å². The number of ether oxygens (including phenoxy) is 1. The lowest BCUT2D eigenvalue weighted by Gasteiger charge is -2.22. The van der Waals surface area contributed by atoms with Crippen molar-refractivity contribution in [3.05, 3.63) is 0 Å². The SMILES string of the molecule is CC[C@H](C(=O)O)N1C[C@@H](COC)[C@H](C)C1. The van der Waals surface area contributed by atoms with Crippen LogP contribution in [0.1, 0.15) is 20.3 Å². The van der Waals surface area contributed by atoms with Crippen LogP contribution in [0.15, 0.2) is 0 Å². The lowest BCUT2D eigenvalue weighted by atomic mass is 10.00. The molecule has 1 N–H and O–H groups in total. The lowest BCUT2D eigenvalue weighted by molar-refractivity contribution is -0.143. The molecule has 0 aliphatic carbocycles. The van der Waals surface area contributed by atoms with Gasteiger partial charge in [-0.25, -0.2) is 0 Å². The van der Waals surface area contributed by atoms with Crippen LogP contribution in [0.4, 0.5) is 0 Å². The van der Waals surface area contributed by atoms with Crippen molar-refractivity contribution < 1.29 is 14.6 Å². The average molecular weight is 215 g/mol. The van der Waals surface area contributed by atoms with Crippen molar-refractivity contribution in [1.29, 1.82) is 0 Å². The molecule has 4 heteroatoms. The molecule has 1 aliphatic heterocycles. The Morgan fingerprint density at radius 2 is 2.27 bits per heavy atom. The van der Waals surface area contributed by atoms with Crippen molar-refractivity contribution in [3.63, 3.8) is 0 Å². The van der Waals surface area contributed by atoms with Gasteiger partial charge in [0.25, 0.3) is 0 Å². The summed E-state index contributed by atoms with van der Waals surface area (Å²) >= 11 is 0. The monoisotopic (exact) mass is 215 g/mol. The Bertz CT molecular complexity index is 220. The van der Waals surface area contributed by atoms with E-state index in [0.717, 1.165) is 19.7 Å². The lowest BCUT2D eigenvalue weighted by Crippen LogP contribution is -2.39. The first kappa shape index (κ1) is 12.5. The minimum absolute atomic E-state index is 0.325. The zero-order chi connectivity index (χ0) is 11.4. The van der Waals surface area contributed by atoms with Gasteiger partial charge in [0, 0.05) is 20.2 Å². The van der Waals surface area contributed by atoms with E-state index in [1.165, 1.54) is 0 Å². The number of methoxy groups -OCH3 is 1. The molecule has 0 saturated carbocycles. The van der Waals surface area contributed by atoms with E-state index in [1.54, 1.807) is 7.11 Å². The number of hydrogen-bond acceptors (Lipinski definition) is 3. The maximum atomic E-state index is 11.0. The molecule has 1 saturated heterocycles. The minimum Gasteiger partial charge on any atom is -0.480 e. The van der Waals surface area contributed by atoms with Crippen LogP contribution in [0.2, 0.25) is 0 Å². The molecule has 4 nitrogen and oxygen atoms in total. The number of nitrogens with zero attached hydrogens (tertiary/aromatic N) is 1. The predicted molar refractivity (Wildman–Crippen MR) is 57.8 cm³/mol. The molecule has 1 aliphatic rings. The Labute approximate surface area is 91.2 Å². The van der Waals surface area contributed by atoms with Crippen LogP contribution >= 0.6 is 0 Å². The van der Waals surface area contributed by atoms with Crippen LogP contribution in [0.5, 0.6) is 0 Å². The molecule has 88 valence electrons. The van der Waals surface area contributed by atoms with Crippen LogP contribution in [0.3, 0.4) is 0 Å². The summed E-state index contributed by atoms with van der Waals surface area (Å²) in [6.45, 7) is 6.54. The molecule has 1 fully saturated rings. The largest absolute Gasteiger partial charge is 0.480 e. The van der Waals surface area contributed by atoms with Crippen molar-refractivity contribution in [2.45, 2.75) is 26.3 Å². The van der Waals surface area contributed by atoms with Crippen molar-refractivity contribution in [2.24, 2.45) is 11.8 Å². The number of likely N-dealkylation sites (tertiary alicyclic amines) is 1. The molecule has 0 spiro atoms. The van der Waals surface area contributed by atoms with Crippen molar-refractivity contribution in [2.75, 3.05) is 26.8 Å². The standard InChI is InChI=1S/C11H21NO3/c1-4-10(11(13)14)12-5-8(2)9(6-12)7-15-3/h8-10H,4-7H2,1-3H3,(H,13,14)/t8-,9+,10-/m1/s1. The molecule has 0 aromatic carbocycles. The molecule has 15 heavy (non-hydrogen) atoms. The number of carboxylic acids is 1. The first-order valence-corrected chi connectivity index (χ1v) is 5.55. The molecule has 1 rings (SSSR count). The first-order chi connectivity index (χ1) is 7.10. The second-order valence-corrected chi connectivity index (χ2v) is 4.41. The van der Waals surface area contributed by atoms with Gasteiger partial charge >= 0.3 is 5.97 Å². The Morgan fingerprint density at radius 1 is 1.60 bits per heavy atom. The van der Waals surface area contributed by atoms with Gasteiger partial charge in [0.15, 0.2) is 0 Å². The quantitative estimate of drug-likeness (QED) is 0.745. The fourth-order valence-electron chi connectivity index (χ4n) is 2.35. The van der Waals surface area contributed by atoms with Gasteiger partial charge in [0.2, 0.25) is 0 Å². The van der Waals surface area contributed by atoms with Crippen LogP contribution in [0.25, 0.3) is 0 Å². The highest BCUT2D eigenvalue weighted by Crippen LogP contribution is 2.25. The van der Waals surface area contributed by atoms with Gasteiger partial charge in [-0.05, 0) is 18.3 Å². The van der Waals surface area contributed by atoms with Crippen LogP contribution in [-0.2, 0) is 9.53 Å². The zero-order valence-corrected chi connectivity index (χ0v) is 9.77. The third-order valence-electron chi connectivity index (χ3n) is 3.29. The first-order valence-electron chi connectivity index (χ1n) is 5.55. The highest BCUT2D eigenvalue weighted by Gasteiger charge is 2.35. The Balaban J connectivity index is 2.55. The van der Waals surface area contributed by atoms with E-state index in [0.29, 0.717) is 18.3 Å². The Hall–Kier alpha value is -0.610. The summed E-state index contributed by atoms with van der Waals surface area (Å²) in [6.07, 6.45) is 0.668. The molecule has 0 aromatic rings. The van der Waals surface area contributed by atoms with Gasteiger partial charge in [-0.15, -0.1) is 0 Å². The normalized spacial score (nSPS) is 29.3. The number of rotatable bonds is 5. The third-order valence-corrected chi connectivity index (χ3v) is 3.29. The Kier molecular flexibility index (Phi) is 4.54. The number of carboxylic acid groups (broad SMARTS) is 1. The third kappa shape index (κ3) is 2.92. The van der Waals surface area contributed by atoms with Gasteiger partial charge < -0.3 is 9.84 Å². The Morgan fingerprint density at radius 3 is 2.73 bits per heavy atom. The number of aliphatic carboxylic acids is 1. The van der Waals surface area contributed by atoms with Gasteiger partial charge in [0.05, 0.1) is 6.61 Å². The highest BCUT2D eigenvalue weighted by molar-refractivity contribution is 5.73. The second kappa shape index (κ2) is 5.47. The van der Waals surface area contributed by atoms with Gasteiger partial charge in [-0.2, -0.15) is 0 Å². The van der Waals surface area contributed by atoms with E-state index in [9.17, 15) is 4.79 Å². The van der Waals surface area contributed by atoms with E-state index in [2.05, 4.69) is 11.8 Å². The van der Waals surface area contributed by atoms with Gasteiger partial charge in [0.1, 0.15) is 6.04 Å². The summed E-state index contributed by atoms with van der Waals surface area (Å²) in [6, 6.07) is -0.325. The van der Waals surface area contributed by atoms with Crippen LogP contribution in [-0.4, -0.2) is 48.8 Å². The molecule has 0 amide bonds. The molecule has 0 bridgehead atoms. The van der Waals surface area contributed by atoms with Crippen LogP contribution < -0.4 is 0 Å². The predicted octanol–water partition coefficient (Wildman–Crippen LogP) is 1.06. The fraction of sp³-hybridized carbons (Fsp3) is 0.909. The smallest absolute Gasteiger partial charge is 0.320 e. The van der Waals surface area contributed by atoms with E-state index >= 15 is 0 Å².